The molecule has 0 aliphatic rings. The summed E-state index contributed by atoms with van der Waals surface area (Å²) >= 11 is 5.32. The summed E-state index contributed by atoms with van der Waals surface area (Å²) < 4.78 is 17.9. The van der Waals surface area contributed by atoms with Gasteiger partial charge in [-0.05, 0) is 45.1 Å². The third-order valence-electron chi connectivity index (χ3n) is 3.72. The fourth-order valence-electron chi connectivity index (χ4n) is 2.56. The molecule has 8 nitrogen and oxygen atoms in total. The normalized spacial score (nSPS) is 11.0. The second-order valence-electron chi connectivity index (χ2n) is 6.97. The van der Waals surface area contributed by atoms with Crippen LogP contribution in [0.3, 0.4) is 0 Å². The summed E-state index contributed by atoms with van der Waals surface area (Å²) in [6, 6.07) is 6.72. The average Bonchev–Trinajstić information content (AvgIpc) is 2.61. The molecule has 2 N–H and O–H groups in total. The molecule has 0 fully saturated rings. The lowest BCUT2D eigenvalue weighted by molar-refractivity contribution is 0.0526. The molecule has 1 aromatic heterocycles. The number of nitrogens with one attached hydrogen (secondary N) is 2. The number of alkyl carbamates (subject to hydrolysis) is 1. The Balaban J connectivity index is 2.33. The van der Waals surface area contributed by atoms with Gasteiger partial charge in [0, 0.05) is 30.8 Å². The van der Waals surface area contributed by atoms with Crippen LogP contribution in [-0.4, -0.2) is 42.0 Å². The molecule has 0 saturated heterocycles. The first-order valence-corrected chi connectivity index (χ1v) is 9.09. The first kappa shape index (κ1) is 21.5. The summed E-state index contributed by atoms with van der Waals surface area (Å²) in [5.74, 6) is 1.16. The van der Waals surface area contributed by atoms with E-state index < -0.39 is 11.7 Å². The van der Waals surface area contributed by atoms with E-state index in [1.165, 1.54) is 13.2 Å². The third kappa shape index (κ3) is 5.59. The van der Waals surface area contributed by atoms with Gasteiger partial charge >= 0.3 is 6.09 Å². The number of hydrogen-bond donors (Lipinski definition) is 2. The van der Waals surface area contributed by atoms with E-state index in [4.69, 9.17) is 26.4 Å². The first-order valence-electron chi connectivity index (χ1n) is 8.68. The van der Waals surface area contributed by atoms with Gasteiger partial charge in [-0.1, -0.05) is 0 Å². The summed E-state index contributed by atoms with van der Waals surface area (Å²) in [4.78, 5) is 26.5. The van der Waals surface area contributed by atoms with E-state index in [0.29, 0.717) is 29.3 Å². The summed E-state index contributed by atoms with van der Waals surface area (Å²) in [6.07, 6.45) is -0.521. The van der Waals surface area contributed by atoms with Crippen LogP contribution in [0.4, 0.5) is 4.79 Å². The minimum atomic E-state index is -0.583. The Morgan fingerprint density at radius 1 is 1.21 bits per heavy atom. The predicted octanol–water partition coefficient (Wildman–Crippen LogP) is 3.11. The lowest BCUT2D eigenvalue weighted by Gasteiger charge is -2.20. The highest BCUT2D eigenvalue weighted by Crippen LogP contribution is 2.32. The van der Waals surface area contributed by atoms with E-state index in [1.807, 2.05) is 0 Å². The lowest BCUT2D eigenvalue weighted by atomic mass is 10.1. The SMILES string of the molecule is COc1ccc(-c2cc(=O)[nH]c(=S)n2CCNC(=O)OC(C)(C)C)c(OC)c1. The van der Waals surface area contributed by atoms with Gasteiger partial charge in [0.1, 0.15) is 17.1 Å². The van der Waals surface area contributed by atoms with Crippen molar-refractivity contribution in [3.63, 3.8) is 0 Å². The van der Waals surface area contributed by atoms with Gasteiger partial charge in [-0.25, -0.2) is 4.79 Å². The van der Waals surface area contributed by atoms with Crippen molar-refractivity contribution in [1.29, 1.82) is 0 Å². The first-order chi connectivity index (χ1) is 13.1. The molecule has 0 aliphatic heterocycles. The number of amides is 1. The topological polar surface area (TPSA) is 94.6 Å². The Bertz CT molecular complexity index is 959. The van der Waals surface area contributed by atoms with Crippen molar-refractivity contribution in [2.24, 2.45) is 0 Å². The molecule has 0 unspecified atom stereocenters. The molecule has 28 heavy (non-hydrogen) atoms. The Morgan fingerprint density at radius 3 is 2.54 bits per heavy atom. The highest BCUT2D eigenvalue weighted by molar-refractivity contribution is 7.71. The molecule has 0 bridgehead atoms. The van der Waals surface area contributed by atoms with Crippen LogP contribution in [0.5, 0.6) is 11.5 Å². The zero-order valence-electron chi connectivity index (χ0n) is 16.6. The maximum atomic E-state index is 12.0. The van der Waals surface area contributed by atoms with Crippen LogP contribution in [0.25, 0.3) is 11.3 Å². The van der Waals surface area contributed by atoms with E-state index in [9.17, 15) is 9.59 Å². The number of H-pyrrole nitrogens is 1. The van der Waals surface area contributed by atoms with E-state index >= 15 is 0 Å². The molecule has 0 spiro atoms. The zero-order valence-corrected chi connectivity index (χ0v) is 17.4. The summed E-state index contributed by atoms with van der Waals surface area (Å²) in [5, 5.41) is 2.68. The van der Waals surface area contributed by atoms with Crippen molar-refractivity contribution < 1.29 is 19.0 Å². The minimum absolute atomic E-state index is 0.242. The van der Waals surface area contributed by atoms with Gasteiger partial charge in [0.2, 0.25) is 0 Å². The Morgan fingerprint density at radius 2 is 1.93 bits per heavy atom. The van der Waals surface area contributed by atoms with Crippen LogP contribution in [0.1, 0.15) is 20.8 Å². The Kier molecular flexibility index (Phi) is 6.85. The largest absolute Gasteiger partial charge is 0.497 e. The number of rotatable bonds is 6. The number of hydrogen-bond acceptors (Lipinski definition) is 6. The van der Waals surface area contributed by atoms with Gasteiger partial charge in [-0.15, -0.1) is 0 Å². The van der Waals surface area contributed by atoms with E-state index in [-0.39, 0.29) is 16.9 Å². The van der Waals surface area contributed by atoms with Gasteiger partial charge in [-0.3, -0.25) is 9.78 Å². The second-order valence-corrected chi connectivity index (χ2v) is 7.36. The maximum Gasteiger partial charge on any atom is 0.407 e. The van der Waals surface area contributed by atoms with Crippen LogP contribution in [0.2, 0.25) is 0 Å². The molecule has 1 aromatic carbocycles. The molecule has 1 heterocycles. The average molecular weight is 407 g/mol. The minimum Gasteiger partial charge on any atom is -0.497 e. The van der Waals surface area contributed by atoms with Crippen LogP contribution in [0, 0.1) is 4.77 Å². The molecule has 1 amide bonds. The molecule has 0 radical (unpaired) electrons. The van der Waals surface area contributed by atoms with Gasteiger partial charge in [0.05, 0.1) is 19.9 Å². The lowest BCUT2D eigenvalue weighted by Crippen LogP contribution is -2.34. The zero-order chi connectivity index (χ0) is 20.9. The molecule has 0 saturated carbocycles. The van der Waals surface area contributed by atoms with Crippen molar-refractivity contribution in [2.45, 2.75) is 32.9 Å². The standard InChI is InChI=1S/C19H25N3O5S/c1-19(2,3)27-18(24)20-8-9-22-14(11-16(23)21-17(22)28)13-7-6-12(25-4)10-15(13)26-5/h6-7,10-11H,8-9H2,1-5H3,(H,20,24)(H,21,23,28). The quantitative estimate of drug-likeness (QED) is 0.715. The van der Waals surface area contributed by atoms with Crippen LogP contribution >= 0.6 is 12.2 Å². The monoisotopic (exact) mass is 407 g/mol. The smallest absolute Gasteiger partial charge is 0.407 e. The maximum absolute atomic E-state index is 12.0. The number of aromatic amines is 1. The van der Waals surface area contributed by atoms with Gasteiger partial charge < -0.3 is 24.1 Å². The number of carbonyl (C=O) groups is 1. The molecule has 152 valence electrons. The van der Waals surface area contributed by atoms with Crippen LogP contribution < -0.4 is 20.3 Å². The van der Waals surface area contributed by atoms with Crippen molar-refractivity contribution in [1.82, 2.24) is 14.9 Å². The molecule has 2 aromatic rings. The Labute approximate surface area is 168 Å². The molecule has 0 aliphatic carbocycles. The molecular formula is C19H25N3O5S. The second kappa shape index (κ2) is 8.92. The highest BCUT2D eigenvalue weighted by Gasteiger charge is 2.16. The van der Waals surface area contributed by atoms with Crippen LogP contribution in [0.15, 0.2) is 29.1 Å². The number of nitrogens with zero attached hydrogens (tertiary/aromatic N) is 1. The summed E-state index contributed by atoms with van der Waals surface area (Å²) in [7, 11) is 3.10. The van der Waals surface area contributed by atoms with E-state index in [2.05, 4.69) is 10.3 Å². The molecule has 9 heteroatoms. The van der Waals surface area contributed by atoms with E-state index in [0.717, 1.165) is 0 Å². The van der Waals surface area contributed by atoms with Gasteiger partial charge in [0.25, 0.3) is 5.56 Å². The van der Waals surface area contributed by atoms with Crippen molar-refractivity contribution in [3.05, 3.63) is 39.4 Å². The van der Waals surface area contributed by atoms with Gasteiger partial charge in [-0.2, -0.15) is 0 Å². The van der Waals surface area contributed by atoms with Crippen LogP contribution in [-0.2, 0) is 11.3 Å². The molecule has 0 atom stereocenters. The van der Waals surface area contributed by atoms with Crippen molar-refractivity contribution in [2.75, 3.05) is 20.8 Å². The number of benzene rings is 1. The highest BCUT2D eigenvalue weighted by atomic mass is 32.1. The molecular weight excluding hydrogens is 382 g/mol. The number of methoxy groups -OCH3 is 2. The van der Waals surface area contributed by atoms with Crippen molar-refractivity contribution in [3.8, 4) is 22.8 Å². The van der Waals surface area contributed by atoms with Gasteiger partial charge in [0.15, 0.2) is 4.77 Å². The third-order valence-corrected chi connectivity index (χ3v) is 4.04. The van der Waals surface area contributed by atoms with E-state index in [1.54, 1.807) is 50.6 Å². The Hall–Kier alpha value is -2.81. The van der Waals surface area contributed by atoms with Crippen molar-refractivity contribution >= 4 is 18.3 Å². The molecule has 2 rings (SSSR count). The number of ether oxygens (including phenoxy) is 3. The summed E-state index contributed by atoms with van der Waals surface area (Å²) in [5.41, 5.74) is 0.339. The fraction of sp³-hybridized carbons (Fsp3) is 0.421. The number of aromatic nitrogens is 2. The fourth-order valence-corrected chi connectivity index (χ4v) is 2.85. The number of carbonyl (C=O) groups excluding carboxylic acids is 1. The summed E-state index contributed by atoms with van der Waals surface area (Å²) in [6.45, 7) is 5.97. The predicted molar refractivity (Wildman–Crippen MR) is 109 cm³/mol.